The van der Waals surface area contributed by atoms with Crippen LogP contribution in [0.15, 0.2) is 58.6 Å². The predicted octanol–water partition coefficient (Wildman–Crippen LogP) is 4.24. The molecule has 1 heterocycles. The number of benzene rings is 2. The monoisotopic (exact) mass is 406 g/mol. The van der Waals surface area contributed by atoms with Crippen molar-refractivity contribution in [2.24, 2.45) is 5.10 Å². The van der Waals surface area contributed by atoms with E-state index in [1.165, 1.54) is 24.5 Å². The third-order valence-corrected chi connectivity index (χ3v) is 4.23. The first kappa shape index (κ1) is 18.9. The van der Waals surface area contributed by atoms with Crippen molar-refractivity contribution in [3.05, 3.63) is 86.0 Å². The molecule has 0 bridgehead atoms. The van der Waals surface area contributed by atoms with Crippen molar-refractivity contribution in [2.45, 2.75) is 6.61 Å². The lowest BCUT2D eigenvalue weighted by molar-refractivity contribution is 0.300. The summed E-state index contributed by atoms with van der Waals surface area (Å²) in [5, 5.41) is 10.1. The van der Waals surface area contributed by atoms with Crippen molar-refractivity contribution in [2.75, 3.05) is 5.43 Å². The van der Waals surface area contributed by atoms with Gasteiger partial charge in [-0.2, -0.15) is 10.2 Å². The number of nitrogens with zero attached hydrogens (tertiary/aromatic N) is 2. The standard InChI is InChI=1S/C18H13Cl2FN4O2/c19-14-5-2-6-15(21)13(14)10-27-12-4-1-3-11(7-12)8-22-24-16-9-23-25-18(26)17(16)20/h1-9H,10H2,(H2,24,25,26)/b22-8+. The Bertz CT molecular complexity index is 1020. The molecule has 0 aliphatic rings. The minimum atomic E-state index is -0.515. The summed E-state index contributed by atoms with van der Waals surface area (Å²) in [4.78, 5) is 11.4. The molecule has 2 aromatic carbocycles. The molecule has 9 heteroatoms. The van der Waals surface area contributed by atoms with Gasteiger partial charge < -0.3 is 4.74 Å². The number of hydrazone groups is 1. The molecule has 3 aromatic rings. The van der Waals surface area contributed by atoms with Crippen LogP contribution in [0.5, 0.6) is 5.75 Å². The molecule has 0 aliphatic carbocycles. The summed E-state index contributed by atoms with van der Waals surface area (Å²) in [5.74, 6) is 0.0990. The Hall–Kier alpha value is -2.90. The first-order chi connectivity index (χ1) is 13.0. The molecule has 0 saturated carbocycles. The maximum absolute atomic E-state index is 13.8. The fourth-order valence-electron chi connectivity index (χ4n) is 2.15. The Morgan fingerprint density at radius 2 is 2.07 bits per heavy atom. The molecule has 0 radical (unpaired) electrons. The van der Waals surface area contributed by atoms with Gasteiger partial charge in [0.15, 0.2) is 0 Å². The lowest BCUT2D eigenvalue weighted by atomic mass is 10.2. The van der Waals surface area contributed by atoms with Gasteiger partial charge in [0, 0.05) is 5.56 Å². The zero-order valence-electron chi connectivity index (χ0n) is 13.7. The van der Waals surface area contributed by atoms with E-state index in [0.29, 0.717) is 16.3 Å². The van der Waals surface area contributed by atoms with Crippen LogP contribution in [0, 0.1) is 5.82 Å². The minimum Gasteiger partial charge on any atom is -0.489 e. The maximum atomic E-state index is 13.8. The maximum Gasteiger partial charge on any atom is 0.285 e. The highest BCUT2D eigenvalue weighted by Gasteiger charge is 2.08. The van der Waals surface area contributed by atoms with E-state index in [1.807, 2.05) is 0 Å². The van der Waals surface area contributed by atoms with Crippen LogP contribution in [0.1, 0.15) is 11.1 Å². The topological polar surface area (TPSA) is 79.4 Å². The SMILES string of the molecule is O=c1[nH]ncc(N/N=C/c2cccc(OCc3c(F)cccc3Cl)c2)c1Cl. The number of aromatic amines is 1. The number of nitrogens with one attached hydrogen (secondary N) is 2. The van der Waals surface area contributed by atoms with Crippen molar-refractivity contribution < 1.29 is 9.13 Å². The molecular formula is C18H13Cl2FN4O2. The van der Waals surface area contributed by atoms with Crippen molar-refractivity contribution >= 4 is 35.1 Å². The van der Waals surface area contributed by atoms with E-state index in [2.05, 4.69) is 20.7 Å². The van der Waals surface area contributed by atoms with Gasteiger partial charge in [-0.3, -0.25) is 10.2 Å². The van der Waals surface area contributed by atoms with E-state index in [4.69, 9.17) is 27.9 Å². The first-order valence-corrected chi connectivity index (χ1v) is 8.48. The second-order valence-electron chi connectivity index (χ2n) is 5.36. The zero-order chi connectivity index (χ0) is 19.2. The number of hydrogen-bond donors (Lipinski definition) is 2. The molecule has 0 spiro atoms. The number of H-pyrrole nitrogens is 1. The number of ether oxygens (including phenoxy) is 1. The van der Waals surface area contributed by atoms with Crippen LogP contribution in [0.4, 0.5) is 10.1 Å². The Balaban J connectivity index is 1.67. The molecule has 2 N–H and O–H groups in total. The van der Waals surface area contributed by atoms with Crippen LogP contribution in [-0.4, -0.2) is 16.4 Å². The second-order valence-corrected chi connectivity index (χ2v) is 6.14. The average Bonchev–Trinajstić information content (AvgIpc) is 2.65. The molecule has 0 amide bonds. The molecule has 0 atom stereocenters. The second kappa shape index (κ2) is 8.66. The van der Waals surface area contributed by atoms with Gasteiger partial charge in [-0.25, -0.2) is 9.49 Å². The van der Waals surface area contributed by atoms with Crippen LogP contribution in [-0.2, 0) is 6.61 Å². The molecule has 0 aliphatic heterocycles. The summed E-state index contributed by atoms with van der Waals surface area (Å²) in [6.45, 7) is -0.00157. The largest absolute Gasteiger partial charge is 0.489 e. The van der Waals surface area contributed by atoms with Crippen LogP contribution in [0.25, 0.3) is 0 Å². The van der Waals surface area contributed by atoms with Gasteiger partial charge in [0.25, 0.3) is 5.56 Å². The van der Waals surface area contributed by atoms with Crippen LogP contribution in [0.3, 0.4) is 0 Å². The highest BCUT2D eigenvalue weighted by Crippen LogP contribution is 2.22. The third kappa shape index (κ3) is 4.84. The number of rotatable bonds is 6. The number of anilines is 1. The lowest BCUT2D eigenvalue weighted by Gasteiger charge is -2.09. The summed E-state index contributed by atoms with van der Waals surface area (Å²) in [7, 11) is 0. The summed E-state index contributed by atoms with van der Waals surface area (Å²) in [6.07, 6.45) is 2.86. The molecule has 0 saturated heterocycles. The van der Waals surface area contributed by atoms with Gasteiger partial charge in [0.05, 0.1) is 17.4 Å². The Labute approximate surface area is 163 Å². The fraction of sp³-hybridized carbons (Fsp3) is 0.0556. The smallest absolute Gasteiger partial charge is 0.285 e. The number of aromatic nitrogens is 2. The van der Waals surface area contributed by atoms with Gasteiger partial charge in [-0.05, 0) is 29.8 Å². The molecular weight excluding hydrogens is 394 g/mol. The molecule has 138 valence electrons. The zero-order valence-corrected chi connectivity index (χ0v) is 15.3. The summed E-state index contributed by atoms with van der Waals surface area (Å²) in [6, 6.07) is 11.5. The molecule has 3 rings (SSSR count). The third-order valence-electron chi connectivity index (χ3n) is 3.50. The van der Waals surface area contributed by atoms with E-state index >= 15 is 0 Å². The summed E-state index contributed by atoms with van der Waals surface area (Å²) >= 11 is 11.8. The van der Waals surface area contributed by atoms with Gasteiger partial charge in [0.1, 0.15) is 28.9 Å². The van der Waals surface area contributed by atoms with Crippen LogP contribution in [0.2, 0.25) is 10.0 Å². The minimum absolute atomic E-state index is 0.00157. The lowest BCUT2D eigenvalue weighted by Crippen LogP contribution is -2.10. The quantitative estimate of drug-likeness (QED) is 0.473. The van der Waals surface area contributed by atoms with Gasteiger partial charge >= 0.3 is 0 Å². The van der Waals surface area contributed by atoms with E-state index in [9.17, 15) is 9.18 Å². The normalized spacial score (nSPS) is 10.9. The van der Waals surface area contributed by atoms with E-state index in [-0.39, 0.29) is 22.9 Å². The van der Waals surface area contributed by atoms with E-state index in [0.717, 1.165) is 0 Å². The van der Waals surface area contributed by atoms with Crippen molar-refractivity contribution in [3.63, 3.8) is 0 Å². The van der Waals surface area contributed by atoms with Crippen molar-refractivity contribution in [1.29, 1.82) is 0 Å². The van der Waals surface area contributed by atoms with Gasteiger partial charge in [0.2, 0.25) is 0 Å². The van der Waals surface area contributed by atoms with Crippen LogP contribution >= 0.6 is 23.2 Å². The highest BCUT2D eigenvalue weighted by atomic mass is 35.5. The molecule has 0 fully saturated rings. The Morgan fingerprint density at radius 3 is 2.89 bits per heavy atom. The number of halogens is 3. The van der Waals surface area contributed by atoms with Crippen LogP contribution < -0.4 is 15.7 Å². The van der Waals surface area contributed by atoms with E-state index < -0.39 is 11.4 Å². The average molecular weight is 407 g/mol. The molecule has 27 heavy (non-hydrogen) atoms. The predicted molar refractivity (Wildman–Crippen MR) is 103 cm³/mol. The fourth-order valence-corrected chi connectivity index (χ4v) is 2.50. The first-order valence-electron chi connectivity index (χ1n) is 7.72. The summed E-state index contributed by atoms with van der Waals surface area (Å²) in [5.41, 5.74) is 3.41. The molecule has 1 aromatic heterocycles. The highest BCUT2D eigenvalue weighted by molar-refractivity contribution is 6.32. The van der Waals surface area contributed by atoms with E-state index in [1.54, 1.807) is 30.3 Å². The Morgan fingerprint density at radius 1 is 1.26 bits per heavy atom. The molecule has 6 nitrogen and oxygen atoms in total. The van der Waals surface area contributed by atoms with Gasteiger partial charge in [-0.1, -0.05) is 41.4 Å². The van der Waals surface area contributed by atoms with Crippen molar-refractivity contribution in [1.82, 2.24) is 10.2 Å². The van der Waals surface area contributed by atoms with Gasteiger partial charge in [-0.15, -0.1) is 0 Å². The molecule has 0 unspecified atom stereocenters. The Kier molecular flexibility index (Phi) is 6.05. The summed E-state index contributed by atoms with van der Waals surface area (Å²) < 4.78 is 19.4. The number of hydrogen-bond acceptors (Lipinski definition) is 5. The van der Waals surface area contributed by atoms with Crippen molar-refractivity contribution in [3.8, 4) is 5.75 Å².